The van der Waals surface area contributed by atoms with Crippen LogP contribution in [0.4, 0.5) is 4.39 Å². The van der Waals surface area contributed by atoms with Gasteiger partial charge in [0, 0.05) is 23.2 Å². The van der Waals surface area contributed by atoms with Gasteiger partial charge < -0.3 is 14.9 Å². The highest BCUT2D eigenvalue weighted by Gasteiger charge is 2.64. The molecule has 0 aromatic carbocycles. The molecule has 1 aromatic rings. The summed E-state index contributed by atoms with van der Waals surface area (Å²) in [5.74, 6) is 0. The number of ether oxygens (including phenoxy) is 1. The Hall–Kier alpha value is -1.60. The fraction of sp³-hybridized carbons (Fsp3) is 0.538. The van der Waals surface area contributed by atoms with Crippen LogP contribution < -0.4 is 11.2 Å². The Balaban J connectivity index is 2.46. The number of rotatable bonds is 9. The van der Waals surface area contributed by atoms with Crippen LogP contribution in [-0.2, 0) is 22.7 Å². The average Bonchev–Trinajstić information content (AvgIpc) is 2.82. The first-order valence-corrected chi connectivity index (χ1v) is 10.4. The van der Waals surface area contributed by atoms with Crippen LogP contribution in [0.25, 0.3) is 0 Å². The van der Waals surface area contributed by atoms with Gasteiger partial charge in [-0.1, -0.05) is 6.08 Å². The lowest BCUT2D eigenvalue weighted by atomic mass is 9.84. The number of nitrogens with zero attached hydrogens (tertiary/aromatic N) is 1. The third-order valence-electron chi connectivity index (χ3n) is 4.19. The van der Waals surface area contributed by atoms with Gasteiger partial charge in [0.15, 0.2) is 11.8 Å². The Morgan fingerprint density at radius 1 is 1.52 bits per heavy atom. The summed E-state index contributed by atoms with van der Waals surface area (Å²) in [5.41, 5.74) is -6.68. The Bertz CT molecular complexity index is 951. The van der Waals surface area contributed by atoms with Gasteiger partial charge in [0.1, 0.15) is 18.4 Å². The molecule has 16 heteroatoms. The maximum Gasteiger partial charge on any atom is 0.705 e. The lowest BCUT2D eigenvalue weighted by Gasteiger charge is -2.32. The summed E-state index contributed by atoms with van der Waals surface area (Å²) in [7, 11) is -8.71. The molecule has 1 aromatic heterocycles. The predicted octanol–water partition coefficient (Wildman–Crippen LogP) is -0.775. The van der Waals surface area contributed by atoms with E-state index in [1.54, 1.807) is 0 Å². The molecule has 0 spiro atoms. The van der Waals surface area contributed by atoms with Crippen molar-refractivity contribution in [2.24, 2.45) is 0 Å². The number of aromatic amines is 1. The monoisotopic (exact) mass is 459 g/mol. The van der Waals surface area contributed by atoms with E-state index in [1.165, 1.54) is 0 Å². The topological polar surface area (TPSA) is 198 Å². The standard InChI is InChI=1S/C13H17FN2O11P2/c1-2-4-13(20)9(18)12(6-14,7-25-29(23,24)27-28(21)22)26-10(13)16-5-3-8(17)15-11(16)19/h2-3,5,9-10,18,20H,1,4,6-7H2,(H2-,15,17,19,21,22,23,24)/p+1. The highest BCUT2D eigenvalue weighted by Crippen LogP contribution is 2.53. The zero-order valence-corrected chi connectivity index (χ0v) is 16.4. The fourth-order valence-electron chi connectivity index (χ4n) is 2.89. The minimum Gasteiger partial charge on any atom is -0.387 e. The van der Waals surface area contributed by atoms with Gasteiger partial charge in [-0.3, -0.25) is 23.8 Å². The van der Waals surface area contributed by atoms with E-state index < -0.39 is 70.6 Å². The van der Waals surface area contributed by atoms with Gasteiger partial charge in [-0.25, -0.2) is 13.8 Å². The molecule has 162 valence electrons. The van der Waals surface area contributed by atoms with E-state index in [9.17, 15) is 38.2 Å². The van der Waals surface area contributed by atoms with Gasteiger partial charge in [-0.15, -0.1) is 11.5 Å². The summed E-state index contributed by atoms with van der Waals surface area (Å²) in [4.78, 5) is 43.2. The Morgan fingerprint density at radius 2 is 2.17 bits per heavy atom. The SMILES string of the molecule is C=CCC1(O)C(n2ccc(=O)[nH]c2=O)OC(CF)(COP(=O)(O)O[P+](=O)O)C1O. The molecule has 0 aliphatic carbocycles. The minimum absolute atomic E-state index is 0.429. The van der Waals surface area contributed by atoms with Crippen LogP contribution in [0, 0.1) is 0 Å². The zero-order chi connectivity index (χ0) is 22.0. The number of alkyl halides is 1. The zero-order valence-electron chi connectivity index (χ0n) is 14.6. The first-order valence-electron chi connectivity index (χ1n) is 7.80. The van der Waals surface area contributed by atoms with Crippen LogP contribution >= 0.6 is 16.1 Å². The molecule has 29 heavy (non-hydrogen) atoms. The van der Waals surface area contributed by atoms with Crippen molar-refractivity contribution < 1.29 is 47.1 Å². The van der Waals surface area contributed by atoms with E-state index in [0.717, 1.165) is 18.3 Å². The van der Waals surface area contributed by atoms with Gasteiger partial charge in [0.25, 0.3) is 5.56 Å². The molecule has 5 N–H and O–H groups in total. The van der Waals surface area contributed by atoms with Crippen molar-refractivity contribution in [3.63, 3.8) is 0 Å². The summed E-state index contributed by atoms with van der Waals surface area (Å²) < 4.78 is 50.3. The second-order valence-electron chi connectivity index (χ2n) is 6.13. The highest BCUT2D eigenvalue weighted by molar-refractivity contribution is 7.55. The van der Waals surface area contributed by atoms with E-state index in [-0.39, 0.29) is 0 Å². The van der Waals surface area contributed by atoms with Crippen molar-refractivity contribution >= 4 is 16.1 Å². The number of phosphoric ester groups is 1. The summed E-state index contributed by atoms with van der Waals surface area (Å²) in [5, 5.41) is 21.5. The third kappa shape index (κ3) is 4.77. The lowest BCUT2D eigenvalue weighted by Crippen LogP contribution is -2.54. The second kappa shape index (κ2) is 8.64. The summed E-state index contributed by atoms with van der Waals surface area (Å²) in [6.07, 6.45) is -2.26. The molecule has 6 atom stereocenters. The minimum atomic E-state index is -5.16. The van der Waals surface area contributed by atoms with Crippen LogP contribution in [0.5, 0.6) is 0 Å². The second-order valence-corrected chi connectivity index (χ2v) is 8.46. The summed E-state index contributed by atoms with van der Waals surface area (Å²) >= 11 is 0. The van der Waals surface area contributed by atoms with E-state index >= 15 is 0 Å². The van der Waals surface area contributed by atoms with E-state index in [2.05, 4.69) is 15.4 Å². The molecule has 13 nitrogen and oxygen atoms in total. The van der Waals surface area contributed by atoms with Crippen LogP contribution in [0.15, 0.2) is 34.5 Å². The summed E-state index contributed by atoms with van der Waals surface area (Å²) in [6, 6.07) is 0.908. The number of halogens is 1. The van der Waals surface area contributed by atoms with Crippen LogP contribution in [-0.4, -0.2) is 60.1 Å². The van der Waals surface area contributed by atoms with Crippen LogP contribution in [0.2, 0.25) is 0 Å². The van der Waals surface area contributed by atoms with Gasteiger partial charge in [-0.05, 0) is 4.31 Å². The van der Waals surface area contributed by atoms with Gasteiger partial charge in [0.05, 0.1) is 6.61 Å². The molecule has 1 aliphatic rings. The average molecular weight is 459 g/mol. The van der Waals surface area contributed by atoms with E-state index in [4.69, 9.17) is 9.63 Å². The third-order valence-corrected chi connectivity index (χ3v) is 6.03. The quantitative estimate of drug-likeness (QED) is 0.229. The molecule has 2 rings (SSSR count). The smallest absolute Gasteiger partial charge is 0.387 e. The Morgan fingerprint density at radius 3 is 2.69 bits per heavy atom. The highest BCUT2D eigenvalue weighted by atomic mass is 31.2. The normalized spacial score (nSPS) is 32.0. The Kier molecular flexibility index (Phi) is 7.05. The summed E-state index contributed by atoms with van der Waals surface area (Å²) in [6.45, 7) is 0.610. The number of hydrogen-bond acceptors (Lipinski definition) is 9. The first kappa shape index (κ1) is 23.7. The number of H-pyrrole nitrogens is 1. The number of aromatic nitrogens is 2. The van der Waals surface area contributed by atoms with E-state index in [1.807, 2.05) is 4.98 Å². The Labute approximate surface area is 162 Å². The molecule has 1 fully saturated rings. The molecule has 1 aliphatic heterocycles. The largest absolute Gasteiger partial charge is 0.705 e. The van der Waals surface area contributed by atoms with Crippen molar-refractivity contribution in [2.75, 3.05) is 13.3 Å². The van der Waals surface area contributed by atoms with Crippen molar-refractivity contribution in [1.82, 2.24) is 9.55 Å². The number of aliphatic hydroxyl groups is 2. The van der Waals surface area contributed by atoms with Crippen LogP contribution in [0.1, 0.15) is 12.6 Å². The van der Waals surface area contributed by atoms with E-state index in [0.29, 0.717) is 4.57 Å². The van der Waals surface area contributed by atoms with Gasteiger partial charge in [-0.2, -0.15) is 0 Å². The van der Waals surface area contributed by atoms with Gasteiger partial charge >= 0.3 is 21.8 Å². The molecule has 0 bridgehead atoms. The number of aliphatic hydroxyl groups excluding tert-OH is 1. The number of hydrogen-bond donors (Lipinski definition) is 5. The van der Waals surface area contributed by atoms with Gasteiger partial charge in [0.2, 0.25) is 0 Å². The fourth-order valence-corrected chi connectivity index (χ4v) is 4.17. The number of nitrogens with one attached hydrogen (secondary N) is 1. The van der Waals surface area contributed by atoms with Crippen molar-refractivity contribution in [3.05, 3.63) is 45.8 Å². The van der Waals surface area contributed by atoms with Crippen molar-refractivity contribution in [3.8, 4) is 0 Å². The first-order chi connectivity index (χ1) is 13.4. The molecule has 0 amide bonds. The number of phosphoric acid groups is 1. The molecular formula is C13H18FN2O11P2+. The molecule has 0 saturated carbocycles. The molecule has 2 heterocycles. The van der Waals surface area contributed by atoms with Crippen LogP contribution in [0.3, 0.4) is 0 Å². The van der Waals surface area contributed by atoms with Crippen molar-refractivity contribution in [2.45, 2.75) is 30.0 Å². The molecule has 1 saturated heterocycles. The van der Waals surface area contributed by atoms with Crippen molar-refractivity contribution in [1.29, 1.82) is 0 Å². The predicted molar refractivity (Wildman–Crippen MR) is 92.6 cm³/mol. The molecule has 6 unspecified atom stereocenters. The lowest BCUT2D eigenvalue weighted by molar-refractivity contribution is -0.138. The maximum absolute atomic E-state index is 13.9. The molecular weight excluding hydrogens is 441 g/mol. The molecule has 0 radical (unpaired) electrons. The maximum atomic E-state index is 13.9.